The van der Waals surface area contributed by atoms with Crippen molar-refractivity contribution in [1.29, 1.82) is 5.26 Å². The lowest BCUT2D eigenvalue weighted by molar-refractivity contribution is -0.137. The van der Waals surface area contributed by atoms with Crippen LogP contribution in [0.3, 0.4) is 0 Å². The highest BCUT2D eigenvalue weighted by Crippen LogP contribution is 2.40. The number of benzene rings is 1. The number of piperazine rings is 1. The molecule has 3 N–H and O–H groups in total. The monoisotopic (exact) mass is 491 g/mol. The largest absolute Gasteiger partial charge is 0.366 e. The zero-order valence-corrected chi connectivity index (χ0v) is 20.3. The van der Waals surface area contributed by atoms with Crippen molar-refractivity contribution in [3.8, 4) is 6.07 Å². The van der Waals surface area contributed by atoms with Crippen LogP contribution in [0.5, 0.6) is 0 Å². The standard InChI is InChI=1S/C25H30FN9O/c1-16-17(3-5-23(26)21(16)12-28)6-7-33-8-9-34(14-19(33)11-27)25(36)20-4-2-18-10-24(29-13-22(18)20)35-15-30-31-32-35/h3,5,10,13,15,19-20,24,29H,2,4,6-9,11,14,27H2,1H3. The average molecular weight is 492 g/mol. The van der Waals surface area contributed by atoms with Gasteiger partial charge in [-0.1, -0.05) is 6.07 Å². The summed E-state index contributed by atoms with van der Waals surface area (Å²) in [4.78, 5) is 17.8. The lowest BCUT2D eigenvalue weighted by Crippen LogP contribution is -2.58. The first-order valence-electron chi connectivity index (χ1n) is 12.3. The van der Waals surface area contributed by atoms with Crippen molar-refractivity contribution < 1.29 is 9.18 Å². The minimum Gasteiger partial charge on any atom is -0.366 e. The number of hydrogen-bond donors (Lipinski definition) is 2. The molecule has 1 aromatic heterocycles. The molecule has 10 nitrogen and oxygen atoms in total. The second-order valence-electron chi connectivity index (χ2n) is 9.56. The zero-order chi connectivity index (χ0) is 25.2. The van der Waals surface area contributed by atoms with Gasteiger partial charge in [-0.25, -0.2) is 9.07 Å². The Kier molecular flexibility index (Phi) is 6.80. The van der Waals surface area contributed by atoms with E-state index in [0.29, 0.717) is 31.6 Å². The molecular weight excluding hydrogens is 461 g/mol. The Morgan fingerprint density at radius 2 is 2.22 bits per heavy atom. The summed E-state index contributed by atoms with van der Waals surface area (Å²) in [5.74, 6) is -0.488. The second-order valence-corrected chi connectivity index (χ2v) is 9.56. The topological polar surface area (TPSA) is 129 Å². The number of carbonyl (C=O) groups is 1. The number of halogens is 1. The Morgan fingerprint density at radius 3 is 2.97 bits per heavy atom. The lowest BCUT2D eigenvalue weighted by Gasteiger charge is -2.42. The van der Waals surface area contributed by atoms with Gasteiger partial charge in [0.1, 0.15) is 24.4 Å². The fourth-order valence-electron chi connectivity index (χ4n) is 5.54. The summed E-state index contributed by atoms with van der Waals surface area (Å²) in [5.41, 5.74) is 10.1. The molecule has 3 atom stereocenters. The summed E-state index contributed by atoms with van der Waals surface area (Å²) >= 11 is 0. The Morgan fingerprint density at radius 1 is 1.36 bits per heavy atom. The Balaban J connectivity index is 1.20. The van der Waals surface area contributed by atoms with Gasteiger partial charge in [-0.3, -0.25) is 9.69 Å². The fourth-order valence-corrected chi connectivity index (χ4v) is 5.54. The lowest BCUT2D eigenvalue weighted by atomic mass is 9.96. The number of nitrogens with zero attached hydrogens (tertiary/aromatic N) is 7. The summed E-state index contributed by atoms with van der Waals surface area (Å²) in [6, 6.07) is 5.13. The summed E-state index contributed by atoms with van der Waals surface area (Å²) in [7, 11) is 0. The number of nitrogens with one attached hydrogen (secondary N) is 1. The number of fused-ring (bicyclic) bond motifs is 1. The predicted molar refractivity (Wildman–Crippen MR) is 129 cm³/mol. The highest BCUT2D eigenvalue weighted by atomic mass is 19.1. The molecule has 11 heteroatoms. The molecule has 2 fully saturated rings. The van der Waals surface area contributed by atoms with Crippen molar-refractivity contribution in [2.45, 2.75) is 38.4 Å². The minimum absolute atomic E-state index is 0.0537. The maximum absolute atomic E-state index is 13.9. The third kappa shape index (κ3) is 4.50. The van der Waals surface area contributed by atoms with Crippen LogP contribution in [-0.4, -0.2) is 74.7 Å². The number of amides is 1. The molecular formula is C25H30FN9O. The van der Waals surface area contributed by atoms with Crippen molar-refractivity contribution >= 4 is 5.91 Å². The van der Waals surface area contributed by atoms with E-state index < -0.39 is 5.82 Å². The van der Waals surface area contributed by atoms with E-state index in [2.05, 4.69) is 31.8 Å². The zero-order valence-electron chi connectivity index (χ0n) is 20.3. The highest BCUT2D eigenvalue weighted by Gasteiger charge is 2.38. The molecule has 1 saturated carbocycles. The van der Waals surface area contributed by atoms with Crippen LogP contribution in [-0.2, 0) is 11.2 Å². The second kappa shape index (κ2) is 10.2. The number of nitrogens with two attached hydrogens (primary N) is 1. The van der Waals surface area contributed by atoms with Crippen molar-refractivity contribution in [2.75, 3.05) is 32.7 Å². The molecule has 2 aliphatic heterocycles. The van der Waals surface area contributed by atoms with Crippen molar-refractivity contribution in [3.05, 3.63) is 64.4 Å². The first-order valence-corrected chi connectivity index (χ1v) is 12.3. The SMILES string of the molecule is Cc1c(CCN2CCN(C(=O)C3CCC4=CC(n5cnnn5)NC=C43)CC2CN)ccc(F)c1C#N. The molecule has 0 radical (unpaired) electrons. The normalized spacial score (nSPS) is 23.9. The summed E-state index contributed by atoms with van der Waals surface area (Å²) in [6.07, 6.45) is 7.79. The number of tetrazole rings is 1. The third-order valence-electron chi connectivity index (χ3n) is 7.66. The van der Waals surface area contributed by atoms with Gasteiger partial charge in [0.05, 0.1) is 11.5 Å². The van der Waals surface area contributed by atoms with E-state index in [-0.39, 0.29) is 29.6 Å². The Bertz CT molecular complexity index is 1230. The van der Waals surface area contributed by atoms with E-state index >= 15 is 0 Å². The molecule has 1 aliphatic carbocycles. The van der Waals surface area contributed by atoms with Gasteiger partial charge in [0.2, 0.25) is 5.91 Å². The quantitative estimate of drug-likeness (QED) is 0.613. The van der Waals surface area contributed by atoms with Gasteiger partial charge in [-0.05, 0) is 71.0 Å². The number of dihydropyridines is 1. The van der Waals surface area contributed by atoms with Crippen LogP contribution in [0.4, 0.5) is 4.39 Å². The molecule has 1 amide bonds. The molecule has 3 unspecified atom stereocenters. The highest BCUT2D eigenvalue weighted by molar-refractivity contribution is 5.84. The summed E-state index contributed by atoms with van der Waals surface area (Å²) in [6.45, 7) is 4.94. The molecule has 0 spiro atoms. The fraction of sp³-hybridized carbons (Fsp3) is 0.480. The van der Waals surface area contributed by atoms with Gasteiger partial charge in [-0.15, -0.1) is 5.10 Å². The molecule has 36 heavy (non-hydrogen) atoms. The van der Waals surface area contributed by atoms with Crippen molar-refractivity contribution in [3.63, 3.8) is 0 Å². The minimum atomic E-state index is -0.482. The van der Waals surface area contributed by atoms with E-state index in [4.69, 9.17) is 5.73 Å². The maximum atomic E-state index is 13.9. The predicted octanol–water partition coefficient (Wildman–Crippen LogP) is 1.03. The number of allylic oxidation sites excluding steroid dienone is 1. The van der Waals surface area contributed by atoms with Gasteiger partial charge in [0.25, 0.3) is 0 Å². The van der Waals surface area contributed by atoms with E-state index in [1.807, 2.05) is 17.2 Å². The van der Waals surface area contributed by atoms with Crippen LogP contribution in [0.15, 0.2) is 41.9 Å². The summed E-state index contributed by atoms with van der Waals surface area (Å²) < 4.78 is 15.5. The maximum Gasteiger partial charge on any atom is 0.230 e. The van der Waals surface area contributed by atoms with Crippen molar-refractivity contribution in [1.82, 2.24) is 35.3 Å². The Hall–Kier alpha value is -3.62. The van der Waals surface area contributed by atoms with Crippen LogP contribution in [0, 0.1) is 30.0 Å². The molecule has 188 valence electrons. The van der Waals surface area contributed by atoms with E-state index in [1.54, 1.807) is 24.0 Å². The van der Waals surface area contributed by atoms with Crippen molar-refractivity contribution in [2.24, 2.45) is 11.7 Å². The van der Waals surface area contributed by atoms with Crippen LogP contribution < -0.4 is 11.1 Å². The number of hydrogen-bond acceptors (Lipinski definition) is 8. The van der Waals surface area contributed by atoms with Gasteiger partial charge in [-0.2, -0.15) is 5.26 Å². The van der Waals surface area contributed by atoms with E-state index in [1.165, 1.54) is 11.6 Å². The first-order chi connectivity index (χ1) is 17.5. The van der Waals surface area contributed by atoms with Gasteiger partial charge in [0, 0.05) is 45.0 Å². The number of aromatic nitrogens is 4. The molecule has 5 rings (SSSR count). The number of carbonyl (C=O) groups excluding carboxylic acids is 1. The average Bonchev–Trinajstić information content (AvgIpc) is 3.58. The molecule has 3 heterocycles. The van der Waals surface area contributed by atoms with Crippen LogP contribution in [0.1, 0.15) is 35.7 Å². The van der Waals surface area contributed by atoms with Gasteiger partial charge < -0.3 is 16.0 Å². The van der Waals surface area contributed by atoms with Gasteiger partial charge in [0.15, 0.2) is 0 Å². The van der Waals surface area contributed by atoms with Crippen LogP contribution in [0.25, 0.3) is 0 Å². The molecule has 3 aliphatic rings. The molecule has 0 bridgehead atoms. The molecule has 1 aromatic carbocycles. The van der Waals surface area contributed by atoms with E-state index in [0.717, 1.165) is 37.1 Å². The van der Waals surface area contributed by atoms with Gasteiger partial charge >= 0.3 is 0 Å². The molecule has 2 aromatic rings. The Labute approximate surface area is 209 Å². The smallest absolute Gasteiger partial charge is 0.230 e. The number of nitriles is 1. The third-order valence-corrected chi connectivity index (χ3v) is 7.66. The number of rotatable bonds is 6. The van der Waals surface area contributed by atoms with Crippen LogP contribution >= 0.6 is 0 Å². The summed E-state index contributed by atoms with van der Waals surface area (Å²) in [5, 5.41) is 23.9. The first kappa shape index (κ1) is 24.1. The van der Waals surface area contributed by atoms with E-state index in [9.17, 15) is 14.4 Å². The van der Waals surface area contributed by atoms with Crippen LogP contribution in [0.2, 0.25) is 0 Å². The molecule has 1 saturated heterocycles.